The van der Waals surface area contributed by atoms with E-state index >= 15 is 0 Å². The van der Waals surface area contributed by atoms with Gasteiger partial charge in [0.15, 0.2) is 0 Å². The summed E-state index contributed by atoms with van der Waals surface area (Å²) in [7, 11) is 1.60. The van der Waals surface area contributed by atoms with Crippen LogP contribution in [-0.4, -0.2) is 48.1 Å². The molecular formula is C19H25N5O4. The Morgan fingerprint density at radius 1 is 1.29 bits per heavy atom. The van der Waals surface area contributed by atoms with Gasteiger partial charge >= 0.3 is 6.03 Å². The van der Waals surface area contributed by atoms with Gasteiger partial charge in [0.2, 0.25) is 5.91 Å². The number of nitrogens with one attached hydrogen (secondary N) is 3. The highest BCUT2D eigenvalue weighted by molar-refractivity contribution is 5.92. The topological polar surface area (TPSA) is 107 Å². The Kier molecular flexibility index (Phi) is 6.85. The van der Waals surface area contributed by atoms with Crippen molar-refractivity contribution >= 4 is 17.6 Å². The van der Waals surface area contributed by atoms with Crippen LogP contribution in [0.25, 0.3) is 0 Å². The summed E-state index contributed by atoms with van der Waals surface area (Å²) in [4.78, 5) is 23.8. The first kappa shape index (κ1) is 19.7. The first-order valence-corrected chi connectivity index (χ1v) is 9.21. The molecule has 0 radical (unpaired) electrons. The zero-order valence-corrected chi connectivity index (χ0v) is 15.8. The third kappa shape index (κ3) is 5.98. The van der Waals surface area contributed by atoms with E-state index in [1.807, 2.05) is 24.3 Å². The van der Waals surface area contributed by atoms with Gasteiger partial charge in [0.25, 0.3) is 0 Å². The molecule has 0 aliphatic carbocycles. The minimum Gasteiger partial charge on any atom is -0.497 e. The smallest absolute Gasteiger partial charge is 0.319 e. The molecule has 3 N–H and O–H groups in total. The molecule has 1 unspecified atom stereocenters. The number of amides is 3. The fraction of sp³-hybridized carbons (Fsp3) is 0.421. The Hall–Kier alpha value is -3.07. The van der Waals surface area contributed by atoms with Crippen molar-refractivity contribution in [3.63, 3.8) is 0 Å². The summed E-state index contributed by atoms with van der Waals surface area (Å²) in [6.45, 7) is 1.71. The Balaban J connectivity index is 1.35. The number of carbonyl (C=O) groups excluding carboxylic acids is 2. The average Bonchev–Trinajstić information content (AvgIpc) is 3.37. The number of benzene rings is 1. The van der Waals surface area contributed by atoms with Crippen molar-refractivity contribution in [3.05, 3.63) is 42.2 Å². The lowest BCUT2D eigenvalue weighted by atomic mass is 10.2. The third-order valence-electron chi connectivity index (χ3n) is 4.36. The lowest BCUT2D eigenvalue weighted by molar-refractivity contribution is -0.120. The summed E-state index contributed by atoms with van der Waals surface area (Å²) in [5.74, 6) is 0.479. The van der Waals surface area contributed by atoms with Crippen LogP contribution in [0, 0.1) is 0 Å². The SMILES string of the molecule is COc1ccc(CNC(=O)CNC(=O)Nc2cnn(CC3CCCO3)c2)cc1. The van der Waals surface area contributed by atoms with Gasteiger partial charge in [-0.15, -0.1) is 0 Å². The van der Waals surface area contributed by atoms with Gasteiger partial charge in [-0.1, -0.05) is 12.1 Å². The Labute approximate surface area is 163 Å². The van der Waals surface area contributed by atoms with Crippen molar-refractivity contribution < 1.29 is 19.1 Å². The number of hydrogen-bond acceptors (Lipinski definition) is 5. The van der Waals surface area contributed by atoms with Gasteiger partial charge in [-0.05, 0) is 30.5 Å². The molecule has 2 heterocycles. The van der Waals surface area contributed by atoms with E-state index in [2.05, 4.69) is 21.0 Å². The summed E-state index contributed by atoms with van der Waals surface area (Å²) in [6.07, 6.45) is 5.58. The zero-order chi connectivity index (χ0) is 19.8. The van der Waals surface area contributed by atoms with E-state index in [1.165, 1.54) is 0 Å². The Morgan fingerprint density at radius 3 is 2.82 bits per heavy atom. The van der Waals surface area contributed by atoms with Crippen molar-refractivity contribution in [1.29, 1.82) is 0 Å². The van der Waals surface area contributed by atoms with E-state index in [0.29, 0.717) is 18.8 Å². The van der Waals surface area contributed by atoms with Crippen LogP contribution in [0.3, 0.4) is 0 Å². The minimum absolute atomic E-state index is 0.119. The summed E-state index contributed by atoms with van der Waals surface area (Å²) in [5.41, 5.74) is 1.51. The Bertz CT molecular complexity index is 784. The molecule has 1 fully saturated rings. The number of rotatable bonds is 8. The van der Waals surface area contributed by atoms with E-state index in [9.17, 15) is 9.59 Å². The molecule has 1 aromatic heterocycles. The van der Waals surface area contributed by atoms with Gasteiger partial charge in [0, 0.05) is 19.3 Å². The van der Waals surface area contributed by atoms with Crippen LogP contribution in [0.1, 0.15) is 18.4 Å². The molecule has 3 amide bonds. The summed E-state index contributed by atoms with van der Waals surface area (Å²) in [6, 6.07) is 6.93. The van der Waals surface area contributed by atoms with Crippen LogP contribution < -0.4 is 20.7 Å². The van der Waals surface area contributed by atoms with Crippen LogP contribution in [0.5, 0.6) is 5.75 Å². The molecule has 9 heteroatoms. The minimum atomic E-state index is -0.462. The van der Waals surface area contributed by atoms with Crippen molar-refractivity contribution in [2.24, 2.45) is 0 Å². The predicted molar refractivity (Wildman–Crippen MR) is 103 cm³/mol. The summed E-state index contributed by atoms with van der Waals surface area (Å²) < 4.78 is 12.4. The van der Waals surface area contributed by atoms with Crippen LogP contribution in [0.4, 0.5) is 10.5 Å². The summed E-state index contributed by atoms with van der Waals surface area (Å²) >= 11 is 0. The maximum absolute atomic E-state index is 11.9. The molecule has 1 atom stereocenters. The van der Waals surface area contributed by atoms with Crippen molar-refractivity contribution in [2.45, 2.75) is 32.0 Å². The molecule has 28 heavy (non-hydrogen) atoms. The van der Waals surface area contributed by atoms with Crippen LogP contribution in [0.15, 0.2) is 36.7 Å². The predicted octanol–water partition coefficient (Wildman–Crippen LogP) is 1.51. The zero-order valence-electron chi connectivity index (χ0n) is 15.8. The number of carbonyl (C=O) groups is 2. The molecule has 1 aliphatic heterocycles. The van der Waals surface area contributed by atoms with E-state index in [0.717, 1.165) is 30.8 Å². The van der Waals surface area contributed by atoms with Crippen molar-refractivity contribution in [3.8, 4) is 5.75 Å². The average molecular weight is 387 g/mol. The largest absolute Gasteiger partial charge is 0.497 e. The number of hydrogen-bond donors (Lipinski definition) is 3. The molecule has 1 aliphatic rings. The molecule has 9 nitrogen and oxygen atoms in total. The second-order valence-electron chi connectivity index (χ2n) is 6.52. The van der Waals surface area contributed by atoms with Crippen LogP contribution >= 0.6 is 0 Å². The number of ether oxygens (including phenoxy) is 2. The highest BCUT2D eigenvalue weighted by Crippen LogP contribution is 2.15. The van der Waals surface area contributed by atoms with Gasteiger partial charge < -0.3 is 25.4 Å². The number of aromatic nitrogens is 2. The second kappa shape index (κ2) is 9.75. The van der Waals surface area contributed by atoms with Gasteiger partial charge in [-0.3, -0.25) is 9.48 Å². The summed E-state index contributed by atoms with van der Waals surface area (Å²) in [5, 5.41) is 12.1. The quantitative estimate of drug-likeness (QED) is 0.637. The molecule has 0 bridgehead atoms. The number of methoxy groups -OCH3 is 1. The first-order valence-electron chi connectivity index (χ1n) is 9.21. The van der Waals surface area contributed by atoms with Gasteiger partial charge in [-0.2, -0.15) is 5.10 Å². The fourth-order valence-corrected chi connectivity index (χ4v) is 2.87. The van der Waals surface area contributed by atoms with Crippen LogP contribution in [-0.2, 0) is 22.6 Å². The third-order valence-corrected chi connectivity index (χ3v) is 4.36. The molecule has 1 saturated heterocycles. The van der Waals surface area contributed by atoms with Gasteiger partial charge in [-0.25, -0.2) is 4.79 Å². The normalized spacial score (nSPS) is 15.8. The number of nitrogens with zero attached hydrogens (tertiary/aromatic N) is 2. The molecule has 1 aromatic carbocycles. The second-order valence-corrected chi connectivity index (χ2v) is 6.52. The number of urea groups is 1. The van der Waals surface area contributed by atoms with Gasteiger partial charge in [0.05, 0.1) is 38.2 Å². The van der Waals surface area contributed by atoms with E-state index in [1.54, 1.807) is 24.2 Å². The van der Waals surface area contributed by atoms with E-state index in [4.69, 9.17) is 9.47 Å². The standard InChI is InChI=1S/C19H25N5O4/c1-27-16-6-4-14(5-7-16)9-20-18(25)11-21-19(26)23-15-10-22-24(12-15)13-17-3-2-8-28-17/h4-7,10,12,17H,2-3,8-9,11,13H2,1H3,(H,20,25)(H2,21,23,26). The van der Waals surface area contributed by atoms with Gasteiger partial charge in [0.1, 0.15) is 5.75 Å². The molecule has 0 spiro atoms. The lowest BCUT2D eigenvalue weighted by Gasteiger charge is -2.09. The molecule has 2 aromatic rings. The van der Waals surface area contributed by atoms with E-state index < -0.39 is 6.03 Å². The molecule has 0 saturated carbocycles. The van der Waals surface area contributed by atoms with Crippen LogP contribution in [0.2, 0.25) is 0 Å². The maximum Gasteiger partial charge on any atom is 0.319 e. The fourth-order valence-electron chi connectivity index (χ4n) is 2.87. The number of anilines is 1. The van der Waals surface area contributed by atoms with Crippen molar-refractivity contribution in [2.75, 3.05) is 25.6 Å². The molecule has 3 rings (SSSR count). The Morgan fingerprint density at radius 2 is 2.11 bits per heavy atom. The van der Waals surface area contributed by atoms with E-state index in [-0.39, 0.29) is 18.6 Å². The highest BCUT2D eigenvalue weighted by atomic mass is 16.5. The first-order chi connectivity index (χ1) is 13.6. The molecular weight excluding hydrogens is 362 g/mol. The monoisotopic (exact) mass is 387 g/mol. The molecule has 150 valence electrons. The van der Waals surface area contributed by atoms with Crippen molar-refractivity contribution in [1.82, 2.24) is 20.4 Å². The maximum atomic E-state index is 11.9. The lowest BCUT2D eigenvalue weighted by Crippen LogP contribution is -2.38. The highest BCUT2D eigenvalue weighted by Gasteiger charge is 2.16.